The monoisotopic (exact) mass is 616 g/mol. The summed E-state index contributed by atoms with van der Waals surface area (Å²) in [6.45, 7) is 22.3. The molecular formula is C33H54F2N8O. The van der Waals surface area contributed by atoms with Crippen LogP contribution in [0.1, 0.15) is 87.1 Å². The Labute approximate surface area is 262 Å². The van der Waals surface area contributed by atoms with Crippen LogP contribution >= 0.6 is 0 Å². The lowest BCUT2D eigenvalue weighted by Gasteiger charge is -2.34. The van der Waals surface area contributed by atoms with Gasteiger partial charge in [0.1, 0.15) is 11.2 Å². The van der Waals surface area contributed by atoms with Crippen molar-refractivity contribution in [1.29, 1.82) is 0 Å². The van der Waals surface area contributed by atoms with E-state index in [0.717, 1.165) is 41.7 Å². The van der Waals surface area contributed by atoms with Crippen LogP contribution in [0.3, 0.4) is 0 Å². The Morgan fingerprint density at radius 1 is 1.25 bits per heavy atom. The molecule has 3 N–H and O–H groups in total. The number of carbonyl (C=O) groups is 1. The average Bonchev–Trinajstić information content (AvgIpc) is 3.39. The lowest BCUT2D eigenvalue weighted by Crippen LogP contribution is -2.45. The number of nitrogen functional groups attached to an aromatic ring is 1. The van der Waals surface area contributed by atoms with Gasteiger partial charge in [-0.3, -0.25) is 9.18 Å². The third-order valence-electron chi connectivity index (χ3n) is 7.11. The summed E-state index contributed by atoms with van der Waals surface area (Å²) in [6.07, 6.45) is 8.21. The summed E-state index contributed by atoms with van der Waals surface area (Å²) in [5.41, 5.74) is 9.29. The molecule has 0 aromatic carbocycles. The summed E-state index contributed by atoms with van der Waals surface area (Å²) in [5.74, 6) is 1.50. The third-order valence-corrected chi connectivity index (χ3v) is 7.11. The first kappa shape index (κ1) is 38.4. The Balaban J connectivity index is 0.000000495. The van der Waals surface area contributed by atoms with Crippen molar-refractivity contribution in [3.8, 4) is 0 Å². The fourth-order valence-electron chi connectivity index (χ4n) is 4.19. The van der Waals surface area contributed by atoms with Crippen molar-refractivity contribution >= 4 is 28.8 Å². The Morgan fingerprint density at radius 3 is 2.36 bits per heavy atom. The largest absolute Gasteiger partial charge is 0.371 e. The fourth-order valence-corrected chi connectivity index (χ4v) is 4.19. The van der Waals surface area contributed by atoms with Gasteiger partial charge in [0, 0.05) is 32.3 Å². The molecule has 2 unspecified atom stereocenters. The normalized spacial score (nSPS) is 18.2. The van der Waals surface area contributed by atoms with Gasteiger partial charge in [-0.2, -0.15) is 15.2 Å². The smallest absolute Gasteiger partial charge is 0.240 e. The summed E-state index contributed by atoms with van der Waals surface area (Å²) in [7, 11) is 1.81. The number of alkyl halides is 2. The van der Waals surface area contributed by atoms with Gasteiger partial charge in [0.25, 0.3) is 0 Å². The molecular weight excluding hydrogens is 562 g/mol. The van der Waals surface area contributed by atoms with E-state index in [0.29, 0.717) is 18.2 Å². The highest BCUT2D eigenvalue weighted by Gasteiger charge is 2.31. The number of halogens is 2. The summed E-state index contributed by atoms with van der Waals surface area (Å²) < 4.78 is 26.1. The van der Waals surface area contributed by atoms with E-state index >= 15 is 0 Å². The molecule has 0 saturated carbocycles. The van der Waals surface area contributed by atoms with E-state index < -0.39 is 5.67 Å². The number of amides is 1. The third kappa shape index (κ3) is 12.5. The molecule has 3 rings (SSSR count). The van der Waals surface area contributed by atoms with Crippen LogP contribution in [0.15, 0.2) is 52.5 Å². The highest BCUT2D eigenvalue weighted by Crippen LogP contribution is 2.28. The van der Waals surface area contributed by atoms with Crippen molar-refractivity contribution < 1.29 is 13.6 Å². The zero-order valence-electron chi connectivity index (χ0n) is 28.4. The highest BCUT2D eigenvalue weighted by atomic mass is 19.1. The van der Waals surface area contributed by atoms with Crippen molar-refractivity contribution in [3.05, 3.63) is 47.8 Å². The Morgan fingerprint density at radius 2 is 1.89 bits per heavy atom. The van der Waals surface area contributed by atoms with Crippen LogP contribution in [0, 0.1) is 11.8 Å². The van der Waals surface area contributed by atoms with Crippen LogP contribution in [-0.2, 0) is 4.79 Å². The van der Waals surface area contributed by atoms with Crippen molar-refractivity contribution in [2.45, 2.75) is 93.3 Å². The summed E-state index contributed by atoms with van der Waals surface area (Å²) in [4.78, 5) is 16.7. The molecule has 44 heavy (non-hydrogen) atoms. The van der Waals surface area contributed by atoms with Gasteiger partial charge in [-0.15, -0.1) is 5.10 Å². The minimum Gasteiger partial charge on any atom is -0.371 e. The first-order valence-corrected chi connectivity index (χ1v) is 15.4. The molecule has 0 radical (unpaired) electrons. The molecule has 0 bridgehead atoms. The maximum Gasteiger partial charge on any atom is 0.240 e. The second kappa shape index (κ2) is 18.2. The van der Waals surface area contributed by atoms with E-state index in [4.69, 9.17) is 5.73 Å². The molecule has 246 valence electrons. The second-order valence-electron chi connectivity index (χ2n) is 12.1. The first-order chi connectivity index (χ1) is 20.6. The molecule has 2 aromatic rings. The Kier molecular flexibility index (Phi) is 15.9. The average molecular weight is 617 g/mol. The van der Waals surface area contributed by atoms with Gasteiger partial charge >= 0.3 is 0 Å². The molecule has 1 aliphatic heterocycles. The van der Waals surface area contributed by atoms with E-state index in [2.05, 4.69) is 53.0 Å². The van der Waals surface area contributed by atoms with Crippen LogP contribution in [0.2, 0.25) is 0 Å². The molecule has 1 fully saturated rings. The van der Waals surface area contributed by atoms with E-state index in [1.165, 1.54) is 12.5 Å². The van der Waals surface area contributed by atoms with Gasteiger partial charge in [-0.05, 0) is 82.1 Å². The number of hydrogen-bond donors (Lipinski definition) is 2. The van der Waals surface area contributed by atoms with Gasteiger partial charge in [-0.25, -0.2) is 8.91 Å². The SMILES string of the molecule is C=C(/C=C\C(N=NC(C)C)=C(\C)C(C)CC)c1ccn2nc(N)nc(NC)c12.CC(=O)N1CCCC(C)(F)C1.CC(C)CF. The number of hydrogen-bond acceptors (Lipinski definition) is 7. The number of nitrogens with zero attached hydrogens (tertiary/aromatic N) is 6. The van der Waals surface area contributed by atoms with Crippen LogP contribution < -0.4 is 11.1 Å². The van der Waals surface area contributed by atoms with Gasteiger partial charge in [0.15, 0.2) is 5.82 Å². The van der Waals surface area contributed by atoms with Gasteiger partial charge in [-0.1, -0.05) is 40.3 Å². The number of anilines is 2. The number of allylic oxidation sites excluding steroid dienone is 4. The lowest BCUT2D eigenvalue weighted by molar-refractivity contribution is -0.132. The highest BCUT2D eigenvalue weighted by molar-refractivity contribution is 5.88. The molecule has 9 nitrogen and oxygen atoms in total. The summed E-state index contributed by atoms with van der Waals surface area (Å²) >= 11 is 0. The van der Waals surface area contributed by atoms with Gasteiger partial charge in [0.05, 0.1) is 25.0 Å². The molecule has 1 amide bonds. The maximum absolute atomic E-state index is 13.3. The first-order valence-electron chi connectivity index (χ1n) is 15.4. The van der Waals surface area contributed by atoms with Crippen molar-refractivity contribution in [1.82, 2.24) is 19.5 Å². The molecule has 1 saturated heterocycles. The number of rotatable bonds is 9. The number of fused-ring (bicyclic) bond motifs is 1. The Hall–Kier alpha value is -3.63. The second-order valence-corrected chi connectivity index (χ2v) is 12.1. The quantitative estimate of drug-likeness (QED) is 0.218. The zero-order valence-corrected chi connectivity index (χ0v) is 28.4. The minimum atomic E-state index is -1.16. The number of carbonyl (C=O) groups excluding carboxylic acids is 1. The lowest BCUT2D eigenvalue weighted by atomic mass is 9.97. The molecule has 0 spiro atoms. The van der Waals surface area contributed by atoms with Gasteiger partial charge < -0.3 is 16.0 Å². The topological polar surface area (TPSA) is 113 Å². The number of piperidine rings is 1. The van der Waals surface area contributed by atoms with E-state index in [1.807, 2.05) is 52.1 Å². The molecule has 2 atom stereocenters. The van der Waals surface area contributed by atoms with Crippen LogP contribution in [0.4, 0.5) is 20.5 Å². The van der Waals surface area contributed by atoms with Gasteiger partial charge in [0.2, 0.25) is 11.9 Å². The predicted molar refractivity (Wildman–Crippen MR) is 179 cm³/mol. The van der Waals surface area contributed by atoms with Crippen LogP contribution in [0.5, 0.6) is 0 Å². The van der Waals surface area contributed by atoms with E-state index in [9.17, 15) is 13.6 Å². The van der Waals surface area contributed by atoms with Crippen LogP contribution in [0.25, 0.3) is 11.1 Å². The number of nitrogens with one attached hydrogen (secondary N) is 1. The summed E-state index contributed by atoms with van der Waals surface area (Å²) in [6, 6.07) is 2.10. The number of azo groups is 1. The molecule has 3 heterocycles. The number of likely N-dealkylation sites (tertiary alicyclic amines) is 1. The Bertz CT molecular complexity index is 1310. The van der Waals surface area contributed by atoms with Crippen molar-refractivity contribution in [2.24, 2.45) is 22.1 Å². The fraction of sp³-hybridized carbons (Fsp3) is 0.606. The zero-order chi connectivity index (χ0) is 33.6. The molecule has 2 aromatic heterocycles. The minimum absolute atomic E-state index is 0.0198. The maximum atomic E-state index is 13.3. The molecule has 1 aliphatic rings. The van der Waals surface area contributed by atoms with E-state index in [1.54, 1.807) is 23.4 Å². The summed E-state index contributed by atoms with van der Waals surface area (Å²) in [5, 5.41) is 16.1. The number of nitrogens with two attached hydrogens (primary N) is 1. The van der Waals surface area contributed by atoms with Crippen molar-refractivity contribution in [3.63, 3.8) is 0 Å². The predicted octanol–water partition coefficient (Wildman–Crippen LogP) is 8.07. The standard InChI is InChI=1S/C21H31N7.C8H14FNO.C4H9F/c1-8-14(4)16(6)18(26-25-13(2)3)10-9-15(5)17-11-12-28-19(17)20(23-7)24-21(22)27-28;1-7(11)10-5-3-4-8(2,9)6-10;1-4(2)3-5/h9-14H,5,8H2,1-4,6-7H3,(H3,22,23,24,27);3-6H2,1-2H3;4H,3H2,1-2H3/b10-9-,18-16+,26-25?;;. The van der Waals surface area contributed by atoms with Crippen LogP contribution in [-0.4, -0.2) is 63.9 Å². The molecule has 0 aliphatic carbocycles. The van der Waals surface area contributed by atoms with E-state index in [-0.39, 0.29) is 37.0 Å². The molecule has 11 heteroatoms. The number of aromatic nitrogens is 3. The van der Waals surface area contributed by atoms with Crippen molar-refractivity contribution in [2.75, 3.05) is 37.9 Å².